The van der Waals surface area contributed by atoms with Crippen LogP contribution < -0.4 is 5.32 Å². The average Bonchev–Trinajstić information content (AvgIpc) is 3.08. The molecule has 0 spiro atoms. The number of aromatic amines is 1. The highest BCUT2D eigenvalue weighted by Gasteiger charge is 2.25. The molecule has 0 aromatic carbocycles. The summed E-state index contributed by atoms with van der Waals surface area (Å²) in [7, 11) is -3.75. The third kappa shape index (κ3) is 5.84. The largest absolute Gasteiger partial charge is 0.365 e. The van der Waals surface area contributed by atoms with E-state index >= 15 is 0 Å². The van der Waals surface area contributed by atoms with Crippen LogP contribution in [0, 0.1) is 17.6 Å². The van der Waals surface area contributed by atoms with E-state index in [1.165, 1.54) is 6.07 Å². The van der Waals surface area contributed by atoms with Gasteiger partial charge in [-0.3, -0.25) is 4.57 Å². The zero-order valence-electron chi connectivity index (χ0n) is 17.8. The molecule has 0 fully saturated rings. The van der Waals surface area contributed by atoms with E-state index in [0.717, 1.165) is 12.4 Å². The molecular formula is C20H26F2N5O3P. The van der Waals surface area contributed by atoms with Crippen LogP contribution in [0.15, 0.2) is 24.7 Å². The lowest BCUT2D eigenvalue weighted by Gasteiger charge is -2.24. The minimum atomic E-state index is -3.75. The number of rotatable bonds is 9. The predicted molar refractivity (Wildman–Crippen MR) is 115 cm³/mol. The minimum absolute atomic E-state index is 0.0169. The molecule has 3 heterocycles. The predicted octanol–water partition coefficient (Wildman–Crippen LogP) is 4.74. The first kappa shape index (κ1) is 23.2. The van der Waals surface area contributed by atoms with Crippen molar-refractivity contribution >= 4 is 24.4 Å². The SMILES string of the molecule is CC(C)OP(=O)(O)CC[C@@H](Nc1nc(-c2c[nH]c3ncc(F)cc23)ncc1F)C(C)C. The van der Waals surface area contributed by atoms with E-state index in [9.17, 15) is 18.2 Å². The molecule has 0 aliphatic rings. The smallest absolute Gasteiger partial charge is 0.328 e. The fourth-order valence-electron chi connectivity index (χ4n) is 3.19. The Morgan fingerprint density at radius 3 is 2.65 bits per heavy atom. The number of pyridine rings is 1. The third-order valence-electron chi connectivity index (χ3n) is 4.71. The molecule has 3 aromatic rings. The van der Waals surface area contributed by atoms with Gasteiger partial charge in [-0.1, -0.05) is 13.8 Å². The fraction of sp³-hybridized carbons (Fsp3) is 0.450. The van der Waals surface area contributed by atoms with Gasteiger partial charge in [0, 0.05) is 23.2 Å². The summed E-state index contributed by atoms with van der Waals surface area (Å²) in [5.74, 6) is -1.00. The van der Waals surface area contributed by atoms with Crippen molar-refractivity contribution in [2.45, 2.75) is 46.3 Å². The molecule has 31 heavy (non-hydrogen) atoms. The van der Waals surface area contributed by atoms with Crippen molar-refractivity contribution in [2.24, 2.45) is 5.92 Å². The van der Waals surface area contributed by atoms with E-state index in [2.05, 4.69) is 25.3 Å². The number of H-pyrrole nitrogens is 1. The number of halogens is 2. The Labute approximate surface area is 179 Å². The first-order valence-electron chi connectivity index (χ1n) is 9.98. The van der Waals surface area contributed by atoms with Crippen LogP contribution in [-0.2, 0) is 9.09 Å². The van der Waals surface area contributed by atoms with Crippen molar-refractivity contribution in [3.05, 3.63) is 36.3 Å². The molecule has 0 saturated heterocycles. The number of hydrogen-bond acceptors (Lipinski definition) is 6. The van der Waals surface area contributed by atoms with E-state index in [1.54, 1.807) is 20.0 Å². The Hall–Kier alpha value is -2.42. The molecule has 0 aliphatic heterocycles. The molecule has 1 unspecified atom stereocenters. The molecule has 11 heteroatoms. The summed E-state index contributed by atoms with van der Waals surface area (Å²) < 4.78 is 45.4. The number of aromatic nitrogens is 4. The maximum Gasteiger partial charge on any atom is 0.328 e. The molecule has 0 radical (unpaired) electrons. The van der Waals surface area contributed by atoms with Gasteiger partial charge in [-0.05, 0) is 32.3 Å². The van der Waals surface area contributed by atoms with Crippen molar-refractivity contribution in [3.8, 4) is 11.4 Å². The number of anilines is 1. The minimum Gasteiger partial charge on any atom is -0.365 e. The second-order valence-electron chi connectivity index (χ2n) is 7.94. The van der Waals surface area contributed by atoms with E-state index in [4.69, 9.17) is 4.52 Å². The van der Waals surface area contributed by atoms with Crippen LogP contribution >= 0.6 is 7.60 Å². The molecule has 0 bridgehead atoms. The molecule has 0 amide bonds. The first-order valence-corrected chi connectivity index (χ1v) is 11.7. The second-order valence-corrected chi connectivity index (χ2v) is 9.87. The maximum atomic E-state index is 14.5. The van der Waals surface area contributed by atoms with Crippen LogP contribution in [-0.4, -0.2) is 43.1 Å². The summed E-state index contributed by atoms with van der Waals surface area (Å²) in [5, 5.41) is 3.50. The molecule has 3 N–H and O–H groups in total. The van der Waals surface area contributed by atoms with E-state index in [0.29, 0.717) is 16.6 Å². The van der Waals surface area contributed by atoms with Gasteiger partial charge in [0.2, 0.25) is 0 Å². The lowest BCUT2D eigenvalue weighted by molar-refractivity contribution is 0.203. The van der Waals surface area contributed by atoms with Gasteiger partial charge < -0.3 is 19.7 Å². The van der Waals surface area contributed by atoms with Crippen LogP contribution in [0.25, 0.3) is 22.4 Å². The van der Waals surface area contributed by atoms with Gasteiger partial charge in [-0.15, -0.1) is 0 Å². The van der Waals surface area contributed by atoms with Gasteiger partial charge >= 0.3 is 7.60 Å². The monoisotopic (exact) mass is 453 g/mol. The number of hydrogen-bond donors (Lipinski definition) is 3. The van der Waals surface area contributed by atoms with Gasteiger partial charge in [-0.2, -0.15) is 0 Å². The Bertz CT molecular complexity index is 1110. The summed E-state index contributed by atoms with van der Waals surface area (Å²) in [6.07, 6.45) is 3.54. The molecule has 8 nitrogen and oxygen atoms in total. The summed E-state index contributed by atoms with van der Waals surface area (Å²) >= 11 is 0. The van der Waals surface area contributed by atoms with Crippen LogP contribution in [0.4, 0.5) is 14.6 Å². The van der Waals surface area contributed by atoms with Gasteiger partial charge in [0.15, 0.2) is 17.5 Å². The van der Waals surface area contributed by atoms with Gasteiger partial charge in [0.05, 0.1) is 24.7 Å². The Morgan fingerprint density at radius 1 is 1.23 bits per heavy atom. The lowest BCUT2D eigenvalue weighted by atomic mass is 10.0. The summed E-state index contributed by atoms with van der Waals surface area (Å²) in [6, 6.07) is 0.967. The fourth-order valence-corrected chi connectivity index (χ4v) is 4.56. The van der Waals surface area contributed by atoms with Crippen LogP contribution in [0.5, 0.6) is 0 Å². The van der Waals surface area contributed by atoms with Crippen molar-refractivity contribution < 1.29 is 22.8 Å². The zero-order chi connectivity index (χ0) is 22.8. The highest BCUT2D eigenvalue weighted by atomic mass is 31.2. The van der Waals surface area contributed by atoms with Crippen molar-refractivity contribution in [1.29, 1.82) is 0 Å². The highest BCUT2D eigenvalue weighted by molar-refractivity contribution is 7.52. The molecule has 0 aliphatic carbocycles. The van der Waals surface area contributed by atoms with Crippen molar-refractivity contribution in [1.82, 2.24) is 19.9 Å². The standard InChI is InChI=1S/C20H26F2N5O3P/c1-11(2)17(5-6-31(28,29)30-12(3)4)26-20-16(22)10-25-19(27-20)15-9-24-18-14(15)7-13(21)8-23-18/h7-12,17H,5-6H2,1-4H3,(H,23,24)(H,28,29)(H,25,26,27)/t17-/m1/s1. The van der Waals surface area contributed by atoms with Crippen LogP contribution in [0.2, 0.25) is 0 Å². The van der Waals surface area contributed by atoms with Crippen molar-refractivity contribution in [3.63, 3.8) is 0 Å². The van der Waals surface area contributed by atoms with E-state index < -0.39 is 19.2 Å². The summed E-state index contributed by atoms with van der Waals surface area (Å²) in [6.45, 7) is 7.20. The Kier molecular flexibility index (Phi) is 7.03. The highest BCUT2D eigenvalue weighted by Crippen LogP contribution is 2.44. The number of nitrogens with one attached hydrogen (secondary N) is 2. The van der Waals surface area contributed by atoms with Crippen molar-refractivity contribution in [2.75, 3.05) is 11.5 Å². The second kappa shape index (κ2) is 9.38. The van der Waals surface area contributed by atoms with E-state index in [-0.39, 0.29) is 42.3 Å². The molecule has 3 rings (SSSR count). The molecule has 3 aromatic heterocycles. The average molecular weight is 453 g/mol. The topological polar surface area (TPSA) is 113 Å². The van der Waals surface area contributed by atoms with Gasteiger partial charge in [0.25, 0.3) is 0 Å². The summed E-state index contributed by atoms with van der Waals surface area (Å²) in [4.78, 5) is 25.2. The molecule has 2 atom stereocenters. The number of fused-ring (bicyclic) bond motifs is 1. The van der Waals surface area contributed by atoms with Gasteiger partial charge in [-0.25, -0.2) is 23.7 Å². The van der Waals surface area contributed by atoms with Crippen LogP contribution in [0.3, 0.4) is 0 Å². The maximum absolute atomic E-state index is 14.5. The van der Waals surface area contributed by atoms with E-state index in [1.807, 2.05) is 13.8 Å². The quantitative estimate of drug-likeness (QED) is 0.401. The zero-order valence-corrected chi connectivity index (χ0v) is 18.7. The molecule has 0 saturated carbocycles. The van der Waals surface area contributed by atoms with Crippen LogP contribution in [0.1, 0.15) is 34.1 Å². The van der Waals surface area contributed by atoms with Gasteiger partial charge in [0.1, 0.15) is 11.5 Å². The number of nitrogens with zero attached hydrogens (tertiary/aromatic N) is 3. The first-order chi connectivity index (χ1) is 14.6. The third-order valence-corrected chi connectivity index (χ3v) is 6.28. The molecular weight excluding hydrogens is 427 g/mol. The Balaban J connectivity index is 1.84. The lowest BCUT2D eigenvalue weighted by Crippen LogP contribution is -2.28. The normalized spacial score (nSPS) is 14.9. The Morgan fingerprint density at radius 2 is 1.97 bits per heavy atom. The molecule has 168 valence electrons. The summed E-state index contributed by atoms with van der Waals surface area (Å²) in [5.41, 5.74) is 0.944.